The number of aliphatic hydroxyl groups is 3. The second-order valence-electron chi connectivity index (χ2n) is 15.6. The first-order chi connectivity index (χ1) is 25.5. The monoisotopic (exact) mass is 732 g/mol. The third-order valence-corrected chi connectivity index (χ3v) is 10.4. The molecule has 306 valence electrons. The lowest BCUT2D eigenvalue weighted by atomic mass is 10.0. The number of rotatable bonds is 41. The van der Waals surface area contributed by atoms with Crippen LogP contribution in [0, 0.1) is 0 Å². The van der Waals surface area contributed by atoms with Gasteiger partial charge in [0, 0.05) is 0 Å². The highest BCUT2D eigenvalue weighted by atomic mass is 16.3. The number of carbonyl (C=O) groups is 1. The van der Waals surface area contributed by atoms with Crippen LogP contribution in [-0.2, 0) is 4.79 Å². The molecule has 5 heteroatoms. The Morgan fingerprint density at radius 2 is 0.827 bits per heavy atom. The van der Waals surface area contributed by atoms with Gasteiger partial charge in [-0.2, -0.15) is 0 Å². The quantitative estimate of drug-likeness (QED) is 0.0372. The molecule has 0 radical (unpaired) electrons. The molecule has 0 rings (SSSR count). The molecular weight excluding hydrogens is 643 g/mol. The molecule has 3 atom stereocenters. The minimum absolute atomic E-state index is 0.00512. The summed E-state index contributed by atoms with van der Waals surface area (Å²) in [6.45, 7) is 4.20. The summed E-state index contributed by atoms with van der Waals surface area (Å²) < 4.78 is 0. The minimum Gasteiger partial charge on any atom is -0.394 e. The fraction of sp³-hybridized carbons (Fsp3) is 0.851. The molecule has 5 nitrogen and oxygen atoms in total. The lowest BCUT2D eigenvalue weighted by Crippen LogP contribution is -2.45. The molecule has 0 saturated heterocycles. The Bertz CT molecular complexity index is 809. The largest absolute Gasteiger partial charge is 0.394 e. The Morgan fingerprint density at radius 1 is 0.481 bits per heavy atom. The number of allylic oxidation sites excluding steroid dienone is 5. The number of amides is 1. The van der Waals surface area contributed by atoms with Crippen molar-refractivity contribution >= 4 is 5.91 Å². The molecule has 52 heavy (non-hydrogen) atoms. The maximum atomic E-state index is 12.4. The van der Waals surface area contributed by atoms with Gasteiger partial charge in [0.25, 0.3) is 0 Å². The van der Waals surface area contributed by atoms with E-state index >= 15 is 0 Å². The normalized spacial score (nSPS) is 13.9. The highest BCUT2D eigenvalue weighted by molar-refractivity contribution is 5.76. The average Bonchev–Trinajstić information content (AvgIpc) is 3.14. The van der Waals surface area contributed by atoms with Gasteiger partial charge in [-0.05, 0) is 44.9 Å². The van der Waals surface area contributed by atoms with Crippen molar-refractivity contribution in [2.75, 3.05) is 6.61 Å². The van der Waals surface area contributed by atoms with E-state index in [-0.39, 0.29) is 18.9 Å². The van der Waals surface area contributed by atoms with Crippen molar-refractivity contribution in [3.05, 3.63) is 36.5 Å². The number of carbonyl (C=O) groups excluding carboxylic acids is 1. The van der Waals surface area contributed by atoms with Crippen LogP contribution in [0.2, 0.25) is 0 Å². The van der Waals surface area contributed by atoms with E-state index in [0.717, 1.165) is 38.5 Å². The molecule has 0 aliphatic rings. The topological polar surface area (TPSA) is 89.8 Å². The van der Waals surface area contributed by atoms with Gasteiger partial charge in [-0.15, -0.1) is 0 Å². The van der Waals surface area contributed by atoms with Crippen molar-refractivity contribution in [3.8, 4) is 0 Å². The summed E-state index contributed by atoms with van der Waals surface area (Å²) in [6.07, 6.45) is 52.9. The van der Waals surface area contributed by atoms with E-state index in [4.69, 9.17) is 0 Å². The second kappa shape index (κ2) is 42.3. The summed E-state index contributed by atoms with van der Waals surface area (Å²) in [6, 6.07) is -0.765. The van der Waals surface area contributed by atoms with Crippen molar-refractivity contribution in [1.82, 2.24) is 5.32 Å². The van der Waals surface area contributed by atoms with Crippen LogP contribution in [0.5, 0.6) is 0 Å². The van der Waals surface area contributed by atoms with E-state index in [2.05, 4.69) is 43.5 Å². The Hall–Kier alpha value is -1.43. The van der Waals surface area contributed by atoms with Crippen LogP contribution in [0.15, 0.2) is 36.5 Å². The highest BCUT2D eigenvalue weighted by Gasteiger charge is 2.20. The summed E-state index contributed by atoms with van der Waals surface area (Å²) in [7, 11) is 0. The van der Waals surface area contributed by atoms with Gasteiger partial charge in [0.2, 0.25) is 5.91 Å². The SMILES string of the molecule is CCCCCCCCCC/C=C/CC/C=C/CC/C=C/C(O)C(CO)NC(=O)CC(O)CCCCCCCCCCCCCCCCCCCCC. The van der Waals surface area contributed by atoms with Crippen LogP contribution in [-0.4, -0.2) is 46.1 Å². The molecule has 0 aliphatic carbocycles. The fourth-order valence-corrected chi connectivity index (χ4v) is 6.90. The van der Waals surface area contributed by atoms with Crippen molar-refractivity contribution in [2.24, 2.45) is 0 Å². The minimum atomic E-state index is -0.957. The predicted octanol–water partition coefficient (Wildman–Crippen LogP) is 13.2. The summed E-state index contributed by atoms with van der Waals surface area (Å²) in [4.78, 5) is 12.4. The molecule has 1 amide bonds. The van der Waals surface area contributed by atoms with Gasteiger partial charge >= 0.3 is 0 Å². The molecule has 0 bridgehead atoms. The summed E-state index contributed by atoms with van der Waals surface area (Å²) in [5.74, 6) is -0.327. The third-order valence-electron chi connectivity index (χ3n) is 10.4. The third kappa shape index (κ3) is 38.3. The van der Waals surface area contributed by atoms with Gasteiger partial charge in [-0.3, -0.25) is 4.79 Å². The van der Waals surface area contributed by atoms with Gasteiger partial charge in [-0.1, -0.05) is 217 Å². The first kappa shape index (κ1) is 50.6. The molecule has 0 spiro atoms. The van der Waals surface area contributed by atoms with Crippen LogP contribution < -0.4 is 5.32 Å². The van der Waals surface area contributed by atoms with Crippen molar-refractivity contribution in [2.45, 2.75) is 250 Å². The van der Waals surface area contributed by atoms with E-state index in [1.165, 1.54) is 167 Å². The zero-order valence-corrected chi connectivity index (χ0v) is 34.7. The number of aliphatic hydroxyl groups excluding tert-OH is 3. The lowest BCUT2D eigenvalue weighted by molar-refractivity contribution is -0.124. The molecule has 0 saturated carbocycles. The van der Waals surface area contributed by atoms with Gasteiger partial charge in [0.15, 0.2) is 0 Å². The van der Waals surface area contributed by atoms with Crippen molar-refractivity contribution < 1.29 is 20.1 Å². The van der Waals surface area contributed by atoms with Crippen LogP contribution in [0.3, 0.4) is 0 Å². The fourth-order valence-electron chi connectivity index (χ4n) is 6.90. The van der Waals surface area contributed by atoms with E-state index in [9.17, 15) is 20.1 Å². The van der Waals surface area contributed by atoms with E-state index in [1.54, 1.807) is 6.08 Å². The predicted molar refractivity (Wildman–Crippen MR) is 227 cm³/mol. The van der Waals surface area contributed by atoms with Gasteiger partial charge in [0.1, 0.15) is 0 Å². The number of unbranched alkanes of at least 4 members (excludes halogenated alkanes) is 28. The molecule has 0 aromatic rings. The van der Waals surface area contributed by atoms with Crippen LogP contribution >= 0.6 is 0 Å². The van der Waals surface area contributed by atoms with Crippen molar-refractivity contribution in [1.29, 1.82) is 0 Å². The molecule has 0 aliphatic heterocycles. The second-order valence-corrected chi connectivity index (χ2v) is 15.6. The number of nitrogens with one attached hydrogen (secondary N) is 1. The molecule has 0 fully saturated rings. The molecule has 0 aromatic carbocycles. The van der Waals surface area contributed by atoms with Crippen molar-refractivity contribution in [3.63, 3.8) is 0 Å². The Labute approximate surface area is 324 Å². The van der Waals surface area contributed by atoms with Gasteiger partial charge in [0.05, 0.1) is 31.3 Å². The van der Waals surface area contributed by atoms with E-state index < -0.39 is 18.2 Å². The van der Waals surface area contributed by atoms with E-state index in [0.29, 0.717) is 6.42 Å². The van der Waals surface area contributed by atoms with Crippen LogP contribution in [0.4, 0.5) is 0 Å². The summed E-state index contributed by atoms with van der Waals surface area (Å²) in [5.41, 5.74) is 0. The summed E-state index contributed by atoms with van der Waals surface area (Å²) >= 11 is 0. The zero-order chi connectivity index (χ0) is 38.0. The Morgan fingerprint density at radius 3 is 1.23 bits per heavy atom. The molecule has 0 aromatic heterocycles. The Balaban J connectivity index is 3.70. The zero-order valence-electron chi connectivity index (χ0n) is 34.7. The van der Waals surface area contributed by atoms with Crippen LogP contribution in [0.1, 0.15) is 232 Å². The first-order valence-corrected chi connectivity index (χ1v) is 22.8. The standard InChI is InChI=1S/C47H89NO4/c1-3-5-7-9-11-13-15-17-19-21-23-24-26-28-30-32-34-36-38-40-44(50)42-47(52)48-45(43-49)46(51)41-39-37-35-33-31-29-27-25-22-20-18-16-14-12-10-8-6-4-2/h22,25,31,33,39,41,44-46,49-51H,3-21,23-24,26-30,32,34-38,40,42-43H2,1-2H3,(H,48,52)/b25-22+,33-31+,41-39+. The number of hydrogen-bond donors (Lipinski definition) is 4. The Kier molecular flexibility index (Phi) is 41.1. The maximum Gasteiger partial charge on any atom is 0.222 e. The smallest absolute Gasteiger partial charge is 0.222 e. The molecular formula is C47H89NO4. The summed E-state index contributed by atoms with van der Waals surface area (Å²) in [5, 5.41) is 33.2. The molecule has 4 N–H and O–H groups in total. The molecule has 0 heterocycles. The maximum absolute atomic E-state index is 12.4. The lowest BCUT2D eigenvalue weighted by Gasteiger charge is -2.21. The molecule has 3 unspecified atom stereocenters. The van der Waals surface area contributed by atoms with Gasteiger partial charge in [-0.25, -0.2) is 0 Å². The average molecular weight is 732 g/mol. The first-order valence-electron chi connectivity index (χ1n) is 22.8. The number of hydrogen-bond acceptors (Lipinski definition) is 4. The highest BCUT2D eigenvalue weighted by Crippen LogP contribution is 2.16. The van der Waals surface area contributed by atoms with Gasteiger partial charge < -0.3 is 20.6 Å². The van der Waals surface area contributed by atoms with Crippen LogP contribution in [0.25, 0.3) is 0 Å². The van der Waals surface area contributed by atoms with E-state index in [1.807, 2.05) is 6.08 Å².